The largest absolute Gasteiger partial charge is 0.361 e. The summed E-state index contributed by atoms with van der Waals surface area (Å²) in [5, 5.41) is 4.13. The van der Waals surface area contributed by atoms with Gasteiger partial charge in [-0.1, -0.05) is 18.2 Å². The van der Waals surface area contributed by atoms with E-state index >= 15 is 0 Å². The molecule has 0 bridgehead atoms. The predicted molar refractivity (Wildman–Crippen MR) is 96.3 cm³/mol. The Morgan fingerprint density at radius 1 is 1.17 bits per heavy atom. The van der Waals surface area contributed by atoms with Crippen molar-refractivity contribution in [1.29, 1.82) is 0 Å². The van der Waals surface area contributed by atoms with Gasteiger partial charge >= 0.3 is 0 Å². The standard InChI is InChI=1S/C19H20N4O/c24-18(12-14-13-21-16-7-2-1-6-15(14)16)22-17-8-5-9-20-19(17)23-10-3-4-11-23/h1-2,5-9,13,21H,3-4,10-12H2,(H,22,24). The number of carbonyl (C=O) groups excluding carboxylic acids is 1. The highest BCUT2D eigenvalue weighted by Gasteiger charge is 2.18. The Morgan fingerprint density at radius 3 is 2.88 bits per heavy atom. The van der Waals surface area contributed by atoms with Crippen molar-refractivity contribution >= 4 is 28.3 Å². The van der Waals surface area contributed by atoms with Crippen LogP contribution in [0.1, 0.15) is 18.4 Å². The first kappa shape index (κ1) is 14.8. The van der Waals surface area contributed by atoms with Gasteiger partial charge in [0.05, 0.1) is 12.1 Å². The highest BCUT2D eigenvalue weighted by Crippen LogP contribution is 2.26. The topological polar surface area (TPSA) is 61.0 Å². The van der Waals surface area contributed by atoms with Crippen LogP contribution in [0.3, 0.4) is 0 Å². The highest BCUT2D eigenvalue weighted by molar-refractivity contribution is 5.97. The molecule has 0 radical (unpaired) electrons. The molecule has 0 aliphatic carbocycles. The number of hydrogen-bond acceptors (Lipinski definition) is 3. The quantitative estimate of drug-likeness (QED) is 0.775. The third kappa shape index (κ3) is 2.85. The number of fused-ring (bicyclic) bond motifs is 1. The van der Waals surface area contributed by atoms with Gasteiger partial charge in [-0.25, -0.2) is 4.98 Å². The number of benzene rings is 1. The molecule has 1 aliphatic rings. The minimum Gasteiger partial charge on any atom is -0.361 e. The SMILES string of the molecule is O=C(Cc1c[nH]c2ccccc12)Nc1cccnc1N1CCCC1. The predicted octanol–water partition coefficient (Wildman–Crippen LogP) is 3.34. The molecule has 1 saturated heterocycles. The van der Waals surface area contributed by atoms with Crippen LogP contribution in [0.15, 0.2) is 48.8 Å². The molecule has 24 heavy (non-hydrogen) atoms. The molecule has 3 aromatic rings. The van der Waals surface area contributed by atoms with Crippen LogP contribution in [-0.4, -0.2) is 29.0 Å². The zero-order valence-electron chi connectivity index (χ0n) is 13.5. The summed E-state index contributed by atoms with van der Waals surface area (Å²) >= 11 is 0. The molecule has 0 saturated carbocycles. The Labute approximate surface area is 140 Å². The smallest absolute Gasteiger partial charge is 0.228 e. The summed E-state index contributed by atoms with van der Waals surface area (Å²) in [7, 11) is 0. The lowest BCUT2D eigenvalue weighted by Gasteiger charge is -2.19. The maximum absolute atomic E-state index is 12.5. The lowest BCUT2D eigenvalue weighted by molar-refractivity contribution is -0.115. The van der Waals surface area contributed by atoms with Crippen molar-refractivity contribution in [1.82, 2.24) is 9.97 Å². The summed E-state index contributed by atoms with van der Waals surface area (Å²) in [6, 6.07) is 11.8. The Hall–Kier alpha value is -2.82. The monoisotopic (exact) mass is 320 g/mol. The lowest BCUT2D eigenvalue weighted by Crippen LogP contribution is -2.22. The molecular weight excluding hydrogens is 300 g/mol. The molecule has 1 aliphatic heterocycles. The van der Waals surface area contributed by atoms with E-state index in [1.165, 1.54) is 12.8 Å². The van der Waals surface area contributed by atoms with Crippen molar-refractivity contribution in [2.45, 2.75) is 19.3 Å². The van der Waals surface area contributed by atoms with E-state index in [4.69, 9.17) is 0 Å². The number of nitrogens with one attached hydrogen (secondary N) is 2. The second-order valence-electron chi connectivity index (χ2n) is 6.15. The zero-order chi connectivity index (χ0) is 16.4. The molecule has 0 spiro atoms. The van der Waals surface area contributed by atoms with Crippen molar-refractivity contribution in [3.8, 4) is 0 Å². The van der Waals surface area contributed by atoms with E-state index in [0.29, 0.717) is 6.42 Å². The average molecular weight is 320 g/mol. The number of H-pyrrole nitrogens is 1. The van der Waals surface area contributed by atoms with Crippen LogP contribution in [0.5, 0.6) is 0 Å². The van der Waals surface area contributed by atoms with Crippen LogP contribution in [0.2, 0.25) is 0 Å². The third-order valence-corrected chi connectivity index (χ3v) is 4.49. The Bertz CT molecular complexity index is 864. The zero-order valence-corrected chi connectivity index (χ0v) is 13.5. The number of rotatable bonds is 4. The first-order chi connectivity index (χ1) is 11.8. The van der Waals surface area contributed by atoms with Crippen LogP contribution < -0.4 is 10.2 Å². The van der Waals surface area contributed by atoms with Crippen LogP contribution in [0.4, 0.5) is 11.5 Å². The van der Waals surface area contributed by atoms with E-state index in [9.17, 15) is 4.79 Å². The molecule has 5 nitrogen and oxygen atoms in total. The summed E-state index contributed by atoms with van der Waals surface area (Å²) in [4.78, 5) is 22.4. The average Bonchev–Trinajstić information content (AvgIpc) is 3.26. The summed E-state index contributed by atoms with van der Waals surface area (Å²) in [5.74, 6) is 0.857. The number of pyridine rings is 1. The minimum absolute atomic E-state index is 0.0202. The number of hydrogen-bond donors (Lipinski definition) is 2. The molecule has 2 N–H and O–H groups in total. The van der Waals surface area contributed by atoms with Crippen molar-refractivity contribution in [2.75, 3.05) is 23.3 Å². The first-order valence-corrected chi connectivity index (χ1v) is 8.36. The number of amides is 1. The second kappa shape index (κ2) is 6.35. The summed E-state index contributed by atoms with van der Waals surface area (Å²) in [5.41, 5.74) is 2.86. The minimum atomic E-state index is -0.0202. The first-order valence-electron chi connectivity index (χ1n) is 8.36. The lowest BCUT2D eigenvalue weighted by atomic mass is 10.1. The molecule has 5 heteroatoms. The van der Waals surface area contributed by atoms with Gasteiger partial charge in [-0.3, -0.25) is 4.79 Å². The molecule has 0 unspecified atom stereocenters. The van der Waals surface area contributed by atoms with Gasteiger partial charge in [0, 0.05) is 36.4 Å². The van der Waals surface area contributed by atoms with Crippen molar-refractivity contribution in [2.24, 2.45) is 0 Å². The maximum Gasteiger partial charge on any atom is 0.228 e. The van der Waals surface area contributed by atoms with Crippen LogP contribution in [0.25, 0.3) is 10.9 Å². The van der Waals surface area contributed by atoms with Crippen molar-refractivity contribution in [3.63, 3.8) is 0 Å². The van der Waals surface area contributed by atoms with Gasteiger partial charge in [0.1, 0.15) is 0 Å². The Balaban J connectivity index is 1.52. The number of aromatic nitrogens is 2. The van der Waals surface area contributed by atoms with Gasteiger partial charge < -0.3 is 15.2 Å². The van der Waals surface area contributed by atoms with E-state index in [2.05, 4.69) is 20.2 Å². The third-order valence-electron chi connectivity index (χ3n) is 4.49. The molecule has 0 atom stereocenters. The summed E-state index contributed by atoms with van der Waals surface area (Å²) in [6.45, 7) is 2.00. The Kier molecular flexibility index (Phi) is 3.91. The van der Waals surface area contributed by atoms with E-state index in [1.54, 1.807) is 6.20 Å². The van der Waals surface area contributed by atoms with Crippen LogP contribution in [-0.2, 0) is 11.2 Å². The fraction of sp³-hybridized carbons (Fsp3) is 0.263. The molecule has 4 rings (SSSR count). The van der Waals surface area contributed by atoms with Crippen molar-refractivity contribution in [3.05, 3.63) is 54.4 Å². The summed E-state index contributed by atoms with van der Waals surface area (Å²) < 4.78 is 0. The van der Waals surface area contributed by atoms with Gasteiger partial charge in [0.25, 0.3) is 0 Å². The maximum atomic E-state index is 12.5. The van der Waals surface area contributed by atoms with Gasteiger partial charge in [0.2, 0.25) is 5.91 Å². The van der Waals surface area contributed by atoms with E-state index in [0.717, 1.165) is 41.1 Å². The van der Waals surface area contributed by atoms with Crippen LogP contribution in [0, 0.1) is 0 Å². The molecule has 1 amide bonds. The van der Waals surface area contributed by atoms with Crippen molar-refractivity contribution < 1.29 is 4.79 Å². The van der Waals surface area contributed by atoms with Crippen LogP contribution >= 0.6 is 0 Å². The fourth-order valence-electron chi connectivity index (χ4n) is 3.32. The second-order valence-corrected chi connectivity index (χ2v) is 6.15. The molecule has 1 fully saturated rings. The Morgan fingerprint density at radius 2 is 2.00 bits per heavy atom. The number of para-hydroxylation sites is 1. The molecule has 3 heterocycles. The van der Waals surface area contributed by atoms with Gasteiger partial charge in [-0.2, -0.15) is 0 Å². The molecule has 1 aromatic carbocycles. The van der Waals surface area contributed by atoms with Gasteiger partial charge in [-0.15, -0.1) is 0 Å². The highest BCUT2D eigenvalue weighted by atomic mass is 16.1. The number of aromatic amines is 1. The van der Waals surface area contributed by atoms with Gasteiger partial charge in [0.15, 0.2) is 5.82 Å². The molecule has 2 aromatic heterocycles. The van der Waals surface area contributed by atoms with E-state index in [1.807, 2.05) is 42.6 Å². The van der Waals surface area contributed by atoms with E-state index in [-0.39, 0.29) is 5.91 Å². The number of nitrogens with zero attached hydrogens (tertiary/aromatic N) is 2. The van der Waals surface area contributed by atoms with E-state index < -0.39 is 0 Å². The number of anilines is 2. The number of carbonyl (C=O) groups is 1. The molecular formula is C19H20N4O. The summed E-state index contributed by atoms with van der Waals surface area (Å²) in [6.07, 6.45) is 6.40. The molecule has 122 valence electrons. The normalized spacial score (nSPS) is 14.2. The fourth-order valence-corrected chi connectivity index (χ4v) is 3.32. The van der Waals surface area contributed by atoms with Gasteiger partial charge in [-0.05, 0) is 36.6 Å².